The second-order valence-corrected chi connectivity index (χ2v) is 5.80. The Balaban J connectivity index is 1.94. The molecule has 0 aromatic carbocycles. The zero-order chi connectivity index (χ0) is 15.7. The molecule has 2 aromatic rings. The molecule has 22 heavy (non-hydrogen) atoms. The molecule has 1 aliphatic rings. The minimum Gasteiger partial charge on any atom is -0.477 e. The Labute approximate surface area is 127 Å². The molecular formula is C15H19N3O4. The zero-order valence-electron chi connectivity index (χ0n) is 12.7. The Hall–Kier alpha value is -2.15. The lowest BCUT2D eigenvalue weighted by Gasteiger charge is -2.10. The molecule has 1 saturated heterocycles. The standard InChI is InChI=1S/C15H19N3O4/c1-9(2)22-13-12(14(19)20)7-18-6-11(16-15(18)17-13)5-10-3-4-21-8-10/h6-7,9-10H,3-5,8H2,1-2H3,(H,19,20). The molecular weight excluding hydrogens is 286 g/mol. The van der Waals surface area contributed by atoms with Crippen LogP contribution in [0.4, 0.5) is 0 Å². The summed E-state index contributed by atoms with van der Waals surface area (Å²) in [6, 6.07) is 0. The normalized spacial score (nSPS) is 18.2. The second kappa shape index (κ2) is 5.92. The highest BCUT2D eigenvalue weighted by Crippen LogP contribution is 2.21. The van der Waals surface area contributed by atoms with Crippen LogP contribution in [0.2, 0.25) is 0 Å². The van der Waals surface area contributed by atoms with E-state index in [2.05, 4.69) is 9.97 Å². The maximum absolute atomic E-state index is 11.4. The van der Waals surface area contributed by atoms with Gasteiger partial charge < -0.3 is 14.6 Å². The molecule has 1 fully saturated rings. The van der Waals surface area contributed by atoms with E-state index in [4.69, 9.17) is 9.47 Å². The third kappa shape index (κ3) is 3.04. The minimum absolute atomic E-state index is 0.0364. The van der Waals surface area contributed by atoms with Crippen LogP contribution in [-0.2, 0) is 11.2 Å². The van der Waals surface area contributed by atoms with Crippen LogP contribution in [0.1, 0.15) is 36.3 Å². The average Bonchev–Trinajstić information content (AvgIpc) is 3.05. The molecule has 0 aliphatic carbocycles. The number of aromatic nitrogens is 3. The monoisotopic (exact) mass is 305 g/mol. The Bertz CT molecular complexity index is 689. The number of carbonyl (C=O) groups is 1. The molecule has 0 amide bonds. The number of carboxylic acids is 1. The van der Waals surface area contributed by atoms with Crippen LogP contribution in [0.25, 0.3) is 5.78 Å². The molecule has 2 aromatic heterocycles. The van der Waals surface area contributed by atoms with Crippen LogP contribution in [0.15, 0.2) is 12.4 Å². The molecule has 1 aliphatic heterocycles. The van der Waals surface area contributed by atoms with Gasteiger partial charge in [-0.05, 0) is 32.6 Å². The first-order chi connectivity index (χ1) is 10.5. The molecule has 118 valence electrons. The van der Waals surface area contributed by atoms with Gasteiger partial charge >= 0.3 is 5.97 Å². The lowest BCUT2D eigenvalue weighted by Crippen LogP contribution is -2.12. The van der Waals surface area contributed by atoms with Crippen molar-refractivity contribution in [3.05, 3.63) is 23.7 Å². The van der Waals surface area contributed by atoms with E-state index in [1.807, 2.05) is 20.0 Å². The molecule has 7 heteroatoms. The summed E-state index contributed by atoms with van der Waals surface area (Å²) in [7, 11) is 0. The van der Waals surface area contributed by atoms with Crippen LogP contribution in [0.3, 0.4) is 0 Å². The molecule has 0 saturated carbocycles. The van der Waals surface area contributed by atoms with Crippen LogP contribution >= 0.6 is 0 Å². The summed E-state index contributed by atoms with van der Waals surface area (Å²) < 4.78 is 12.5. The molecule has 1 unspecified atom stereocenters. The molecule has 3 heterocycles. The smallest absolute Gasteiger partial charge is 0.342 e. The predicted octanol–water partition coefficient (Wildman–Crippen LogP) is 1.79. The number of aromatic carboxylic acids is 1. The fraction of sp³-hybridized carbons (Fsp3) is 0.533. The van der Waals surface area contributed by atoms with Crippen molar-refractivity contribution in [3.63, 3.8) is 0 Å². The van der Waals surface area contributed by atoms with Gasteiger partial charge in [0.2, 0.25) is 11.7 Å². The highest BCUT2D eigenvalue weighted by Gasteiger charge is 2.20. The largest absolute Gasteiger partial charge is 0.477 e. The number of imidazole rings is 1. The maximum atomic E-state index is 11.4. The van der Waals surface area contributed by atoms with Gasteiger partial charge in [0.25, 0.3) is 0 Å². The topological polar surface area (TPSA) is 86.0 Å². The summed E-state index contributed by atoms with van der Waals surface area (Å²) in [6.07, 6.45) is 5.02. The van der Waals surface area contributed by atoms with Gasteiger partial charge in [0.05, 0.1) is 11.8 Å². The van der Waals surface area contributed by atoms with Gasteiger partial charge in [-0.25, -0.2) is 9.78 Å². The van der Waals surface area contributed by atoms with Gasteiger partial charge in [-0.1, -0.05) is 0 Å². The van der Waals surface area contributed by atoms with Crippen LogP contribution in [-0.4, -0.2) is 44.8 Å². The van der Waals surface area contributed by atoms with Gasteiger partial charge in [-0.15, -0.1) is 0 Å². The van der Waals surface area contributed by atoms with Crippen molar-refractivity contribution in [2.24, 2.45) is 5.92 Å². The van der Waals surface area contributed by atoms with Crippen molar-refractivity contribution < 1.29 is 19.4 Å². The summed E-state index contributed by atoms with van der Waals surface area (Å²) in [6.45, 7) is 5.21. The maximum Gasteiger partial charge on any atom is 0.342 e. The van der Waals surface area contributed by atoms with E-state index in [0.717, 1.165) is 31.7 Å². The molecule has 1 N–H and O–H groups in total. The zero-order valence-corrected chi connectivity index (χ0v) is 12.7. The molecule has 7 nitrogen and oxygen atoms in total. The Morgan fingerprint density at radius 3 is 2.95 bits per heavy atom. The van der Waals surface area contributed by atoms with Crippen molar-refractivity contribution in [3.8, 4) is 5.88 Å². The summed E-state index contributed by atoms with van der Waals surface area (Å²) in [5.41, 5.74) is 0.926. The van der Waals surface area contributed by atoms with Crippen LogP contribution in [0, 0.1) is 5.92 Å². The fourth-order valence-corrected chi connectivity index (χ4v) is 2.55. The van der Waals surface area contributed by atoms with Gasteiger partial charge in [-0.2, -0.15) is 4.98 Å². The van der Waals surface area contributed by atoms with Crippen molar-refractivity contribution in [1.82, 2.24) is 14.4 Å². The molecule has 1 atom stereocenters. The second-order valence-electron chi connectivity index (χ2n) is 5.80. The lowest BCUT2D eigenvalue weighted by molar-refractivity contribution is 0.0688. The fourth-order valence-electron chi connectivity index (χ4n) is 2.55. The van der Waals surface area contributed by atoms with Crippen molar-refractivity contribution in [2.45, 2.75) is 32.8 Å². The number of ether oxygens (including phenoxy) is 2. The summed E-state index contributed by atoms with van der Waals surface area (Å²) >= 11 is 0. The van der Waals surface area contributed by atoms with Crippen LogP contribution < -0.4 is 4.74 Å². The summed E-state index contributed by atoms with van der Waals surface area (Å²) in [5, 5.41) is 9.30. The first-order valence-electron chi connectivity index (χ1n) is 7.39. The first kappa shape index (κ1) is 14.8. The first-order valence-corrected chi connectivity index (χ1v) is 7.39. The third-order valence-corrected chi connectivity index (χ3v) is 3.56. The minimum atomic E-state index is -1.07. The molecule has 0 spiro atoms. The van der Waals surface area contributed by atoms with Crippen molar-refractivity contribution in [1.29, 1.82) is 0 Å². The van der Waals surface area contributed by atoms with Crippen molar-refractivity contribution >= 4 is 11.7 Å². The van der Waals surface area contributed by atoms with Crippen LogP contribution in [0.5, 0.6) is 5.88 Å². The van der Waals surface area contributed by atoms with Gasteiger partial charge in [0.1, 0.15) is 5.56 Å². The third-order valence-electron chi connectivity index (χ3n) is 3.56. The van der Waals surface area contributed by atoms with Crippen molar-refractivity contribution in [2.75, 3.05) is 13.2 Å². The van der Waals surface area contributed by atoms with E-state index in [1.165, 1.54) is 6.20 Å². The van der Waals surface area contributed by atoms with Gasteiger partial charge in [0.15, 0.2) is 0 Å². The number of hydrogen-bond donors (Lipinski definition) is 1. The quantitative estimate of drug-likeness (QED) is 0.906. The highest BCUT2D eigenvalue weighted by atomic mass is 16.5. The van der Waals surface area contributed by atoms with E-state index < -0.39 is 5.97 Å². The van der Waals surface area contributed by atoms with Gasteiger partial charge in [0, 0.05) is 25.6 Å². The van der Waals surface area contributed by atoms with E-state index in [0.29, 0.717) is 11.7 Å². The Morgan fingerprint density at radius 2 is 2.32 bits per heavy atom. The van der Waals surface area contributed by atoms with E-state index >= 15 is 0 Å². The Morgan fingerprint density at radius 1 is 1.50 bits per heavy atom. The Kier molecular flexibility index (Phi) is 3.98. The SMILES string of the molecule is CC(C)Oc1nc2nc(CC3CCOC3)cn2cc1C(=O)O. The summed E-state index contributed by atoms with van der Waals surface area (Å²) in [5.74, 6) is -0.0364. The summed E-state index contributed by atoms with van der Waals surface area (Å²) in [4.78, 5) is 20.1. The van der Waals surface area contributed by atoms with E-state index in [1.54, 1.807) is 4.40 Å². The number of rotatable bonds is 5. The number of hydrogen-bond acceptors (Lipinski definition) is 5. The highest BCUT2D eigenvalue weighted by molar-refractivity contribution is 5.90. The predicted molar refractivity (Wildman–Crippen MR) is 78.3 cm³/mol. The number of carboxylic acid groups (broad SMARTS) is 1. The molecule has 3 rings (SSSR count). The van der Waals surface area contributed by atoms with E-state index in [-0.39, 0.29) is 17.5 Å². The average molecular weight is 305 g/mol. The molecule has 0 bridgehead atoms. The van der Waals surface area contributed by atoms with E-state index in [9.17, 15) is 9.90 Å². The van der Waals surface area contributed by atoms with Gasteiger partial charge in [-0.3, -0.25) is 4.40 Å². The number of fused-ring (bicyclic) bond motifs is 1. The number of nitrogens with zero attached hydrogens (tertiary/aromatic N) is 3. The lowest BCUT2D eigenvalue weighted by atomic mass is 10.0. The molecule has 0 radical (unpaired) electrons.